The molecule has 19 heavy (non-hydrogen) atoms. The summed E-state index contributed by atoms with van der Waals surface area (Å²) in [5, 5.41) is 8.54. The van der Waals surface area contributed by atoms with E-state index in [4.69, 9.17) is 5.10 Å². The molecular formula is C16H29N3. The Morgan fingerprint density at radius 3 is 2.53 bits per heavy atom. The van der Waals surface area contributed by atoms with E-state index in [2.05, 4.69) is 37.7 Å². The quantitative estimate of drug-likeness (QED) is 0.842. The third-order valence-corrected chi connectivity index (χ3v) is 4.59. The van der Waals surface area contributed by atoms with E-state index < -0.39 is 0 Å². The van der Waals surface area contributed by atoms with Gasteiger partial charge in [-0.1, -0.05) is 33.1 Å². The molecule has 2 unspecified atom stereocenters. The molecule has 3 nitrogen and oxygen atoms in total. The lowest BCUT2D eigenvalue weighted by molar-refractivity contribution is 0.308. The second-order valence-corrected chi connectivity index (χ2v) is 5.82. The van der Waals surface area contributed by atoms with Gasteiger partial charge in [0, 0.05) is 11.7 Å². The molecule has 0 amide bonds. The fraction of sp³-hybridized carbons (Fsp3) is 0.812. The Morgan fingerprint density at radius 2 is 1.89 bits per heavy atom. The fourth-order valence-corrected chi connectivity index (χ4v) is 3.61. The van der Waals surface area contributed by atoms with E-state index in [1.807, 2.05) is 0 Å². The van der Waals surface area contributed by atoms with Crippen LogP contribution in [0, 0.1) is 13.8 Å². The van der Waals surface area contributed by atoms with E-state index in [-0.39, 0.29) is 0 Å². The van der Waals surface area contributed by atoms with Gasteiger partial charge >= 0.3 is 0 Å². The van der Waals surface area contributed by atoms with Gasteiger partial charge in [0.05, 0.1) is 11.7 Å². The summed E-state index contributed by atoms with van der Waals surface area (Å²) in [7, 11) is 0. The Bertz CT molecular complexity index is 408. The molecule has 1 aromatic rings. The van der Waals surface area contributed by atoms with Gasteiger partial charge < -0.3 is 5.32 Å². The number of aryl methyl sites for hydroxylation is 1. The van der Waals surface area contributed by atoms with Gasteiger partial charge in [-0.15, -0.1) is 0 Å². The maximum atomic E-state index is 4.86. The van der Waals surface area contributed by atoms with Gasteiger partial charge in [-0.3, -0.25) is 4.68 Å². The highest BCUT2D eigenvalue weighted by atomic mass is 15.3. The molecule has 2 rings (SSSR count). The van der Waals surface area contributed by atoms with Crippen molar-refractivity contribution in [2.75, 3.05) is 6.54 Å². The van der Waals surface area contributed by atoms with Crippen molar-refractivity contribution in [3.63, 3.8) is 0 Å². The largest absolute Gasteiger partial charge is 0.312 e. The molecule has 1 aliphatic carbocycles. The number of hydrogen-bond donors (Lipinski definition) is 1. The zero-order valence-corrected chi connectivity index (χ0v) is 13.0. The lowest BCUT2D eigenvalue weighted by atomic mass is 10.0. The normalized spacial score (nSPS) is 24.4. The van der Waals surface area contributed by atoms with Crippen molar-refractivity contribution < 1.29 is 0 Å². The molecule has 0 aliphatic heterocycles. The van der Waals surface area contributed by atoms with Crippen molar-refractivity contribution in [3.05, 3.63) is 17.0 Å². The smallest absolute Gasteiger partial charge is 0.0675 e. The minimum Gasteiger partial charge on any atom is -0.312 e. The standard InChI is InChI=1S/C16H29N3/c1-5-14-12(3)18-19(13(14)4)16-11-9-7-8-10-15(16)17-6-2/h15-17H,5-11H2,1-4H3. The molecule has 3 heteroatoms. The maximum Gasteiger partial charge on any atom is 0.0675 e. The number of aromatic nitrogens is 2. The summed E-state index contributed by atoms with van der Waals surface area (Å²) in [4.78, 5) is 0. The molecule has 0 radical (unpaired) electrons. The molecule has 1 saturated carbocycles. The molecule has 108 valence electrons. The lowest BCUT2D eigenvalue weighted by Crippen LogP contribution is -2.37. The predicted molar refractivity (Wildman–Crippen MR) is 80.7 cm³/mol. The second-order valence-electron chi connectivity index (χ2n) is 5.82. The van der Waals surface area contributed by atoms with Gasteiger partial charge in [-0.2, -0.15) is 5.10 Å². The van der Waals surface area contributed by atoms with Crippen LogP contribution < -0.4 is 5.32 Å². The van der Waals surface area contributed by atoms with Crippen molar-refractivity contribution >= 4 is 0 Å². The van der Waals surface area contributed by atoms with Crippen LogP contribution in [0.3, 0.4) is 0 Å². The van der Waals surface area contributed by atoms with Crippen LogP contribution in [0.15, 0.2) is 0 Å². The molecule has 1 heterocycles. The van der Waals surface area contributed by atoms with Crippen molar-refractivity contribution in [1.82, 2.24) is 15.1 Å². The third kappa shape index (κ3) is 3.02. The summed E-state index contributed by atoms with van der Waals surface area (Å²) >= 11 is 0. The van der Waals surface area contributed by atoms with Gasteiger partial charge in [0.2, 0.25) is 0 Å². The Morgan fingerprint density at radius 1 is 1.16 bits per heavy atom. The van der Waals surface area contributed by atoms with E-state index in [0.717, 1.165) is 13.0 Å². The Labute approximate surface area is 117 Å². The summed E-state index contributed by atoms with van der Waals surface area (Å²) in [6, 6.07) is 1.14. The van der Waals surface area contributed by atoms with E-state index in [1.54, 1.807) is 0 Å². The lowest BCUT2D eigenvalue weighted by Gasteiger charge is -2.27. The summed E-state index contributed by atoms with van der Waals surface area (Å²) in [6.07, 6.45) is 7.72. The fourth-order valence-electron chi connectivity index (χ4n) is 3.61. The second kappa shape index (κ2) is 6.56. The van der Waals surface area contributed by atoms with E-state index in [1.165, 1.54) is 49.1 Å². The minimum absolute atomic E-state index is 0.543. The maximum absolute atomic E-state index is 4.86. The summed E-state index contributed by atoms with van der Waals surface area (Å²) in [6.45, 7) is 9.89. The van der Waals surface area contributed by atoms with Crippen LogP contribution in [-0.4, -0.2) is 22.4 Å². The summed E-state index contributed by atoms with van der Waals surface area (Å²) in [5.41, 5.74) is 4.05. The molecular weight excluding hydrogens is 234 g/mol. The van der Waals surface area contributed by atoms with E-state index >= 15 is 0 Å². The average Bonchev–Trinajstić information content (AvgIpc) is 2.56. The molecule has 1 aliphatic rings. The first-order valence-corrected chi connectivity index (χ1v) is 7.97. The van der Waals surface area contributed by atoms with E-state index in [0.29, 0.717) is 12.1 Å². The molecule has 2 atom stereocenters. The van der Waals surface area contributed by atoms with Gasteiger partial charge in [0.1, 0.15) is 0 Å². The van der Waals surface area contributed by atoms with E-state index in [9.17, 15) is 0 Å². The number of nitrogens with zero attached hydrogens (tertiary/aromatic N) is 2. The molecule has 1 aromatic heterocycles. The van der Waals surface area contributed by atoms with Crippen LogP contribution in [0.25, 0.3) is 0 Å². The number of rotatable bonds is 4. The van der Waals surface area contributed by atoms with Crippen molar-refractivity contribution in [1.29, 1.82) is 0 Å². The molecule has 0 aromatic carbocycles. The van der Waals surface area contributed by atoms with Crippen LogP contribution in [-0.2, 0) is 6.42 Å². The topological polar surface area (TPSA) is 29.9 Å². The number of hydrogen-bond acceptors (Lipinski definition) is 2. The first-order chi connectivity index (χ1) is 9.19. The first kappa shape index (κ1) is 14.6. The molecule has 0 spiro atoms. The van der Waals surface area contributed by atoms with Crippen LogP contribution in [0.5, 0.6) is 0 Å². The van der Waals surface area contributed by atoms with Crippen LogP contribution in [0.4, 0.5) is 0 Å². The average molecular weight is 263 g/mol. The summed E-state index contributed by atoms with van der Waals surface area (Å²) in [5.74, 6) is 0. The van der Waals surface area contributed by atoms with Crippen LogP contribution >= 0.6 is 0 Å². The van der Waals surface area contributed by atoms with Gasteiger partial charge in [-0.05, 0) is 45.2 Å². The van der Waals surface area contributed by atoms with Gasteiger partial charge in [-0.25, -0.2) is 0 Å². The Kier molecular flexibility index (Phi) is 5.03. The van der Waals surface area contributed by atoms with Gasteiger partial charge in [0.25, 0.3) is 0 Å². The highest BCUT2D eigenvalue weighted by Crippen LogP contribution is 2.30. The molecule has 0 saturated heterocycles. The first-order valence-electron chi connectivity index (χ1n) is 7.97. The molecule has 1 fully saturated rings. The highest BCUT2D eigenvalue weighted by molar-refractivity contribution is 5.25. The zero-order valence-electron chi connectivity index (χ0n) is 13.0. The molecule has 0 bridgehead atoms. The Hall–Kier alpha value is -0.830. The minimum atomic E-state index is 0.543. The number of likely N-dealkylation sites (N-methyl/N-ethyl adjacent to an activating group) is 1. The third-order valence-electron chi connectivity index (χ3n) is 4.59. The SMILES string of the molecule is CCNC1CCCCCC1n1nc(C)c(CC)c1C. The highest BCUT2D eigenvalue weighted by Gasteiger charge is 2.27. The van der Waals surface area contributed by atoms with Gasteiger partial charge in [0.15, 0.2) is 0 Å². The monoisotopic (exact) mass is 263 g/mol. The van der Waals surface area contributed by atoms with Crippen LogP contribution in [0.1, 0.15) is 68.9 Å². The van der Waals surface area contributed by atoms with Crippen molar-refractivity contribution in [2.45, 2.75) is 78.3 Å². The van der Waals surface area contributed by atoms with Crippen molar-refractivity contribution in [2.24, 2.45) is 0 Å². The zero-order chi connectivity index (χ0) is 13.8. The predicted octanol–water partition coefficient (Wildman–Crippen LogP) is 3.55. The number of nitrogens with one attached hydrogen (secondary N) is 1. The summed E-state index contributed by atoms with van der Waals surface area (Å²) < 4.78 is 2.33. The van der Waals surface area contributed by atoms with Crippen molar-refractivity contribution in [3.8, 4) is 0 Å². The Balaban J connectivity index is 2.30. The van der Waals surface area contributed by atoms with Crippen LogP contribution in [0.2, 0.25) is 0 Å². The molecule has 1 N–H and O–H groups in total.